The summed E-state index contributed by atoms with van der Waals surface area (Å²) in [6.07, 6.45) is 1.24. The maximum Gasteiger partial charge on any atom is 0.264 e. The number of carbonyl (C=O) groups is 1. The van der Waals surface area contributed by atoms with Crippen LogP contribution in [0.25, 0.3) is 0 Å². The van der Waals surface area contributed by atoms with Crippen LogP contribution >= 0.6 is 0 Å². The molecule has 0 radical (unpaired) electrons. The first-order chi connectivity index (χ1) is 12.7. The van der Waals surface area contributed by atoms with Crippen LogP contribution in [0.2, 0.25) is 0 Å². The van der Waals surface area contributed by atoms with E-state index in [0.29, 0.717) is 17.9 Å². The molecule has 1 aromatic heterocycles. The van der Waals surface area contributed by atoms with E-state index in [9.17, 15) is 13.2 Å². The van der Waals surface area contributed by atoms with Crippen LogP contribution in [-0.4, -0.2) is 42.9 Å². The highest BCUT2D eigenvalue weighted by Gasteiger charge is 2.37. The van der Waals surface area contributed by atoms with Crippen LogP contribution in [0.5, 0.6) is 5.75 Å². The third-order valence-corrected chi connectivity index (χ3v) is 6.73. The molecule has 7 heteroatoms. The lowest BCUT2D eigenvalue weighted by Crippen LogP contribution is -2.46. The van der Waals surface area contributed by atoms with Crippen molar-refractivity contribution < 1.29 is 22.4 Å². The number of amides is 1. The molecule has 6 nitrogen and oxygen atoms in total. The first kappa shape index (κ1) is 19.5. The second-order valence-corrected chi connectivity index (χ2v) is 9.34. The molecule has 0 N–H and O–H groups in total. The van der Waals surface area contributed by atoms with Crippen molar-refractivity contribution in [2.45, 2.75) is 45.9 Å². The Morgan fingerprint density at radius 2 is 2.07 bits per heavy atom. The number of sulfone groups is 1. The van der Waals surface area contributed by atoms with E-state index >= 15 is 0 Å². The van der Waals surface area contributed by atoms with Gasteiger partial charge in [-0.3, -0.25) is 4.79 Å². The Morgan fingerprint density at radius 3 is 2.67 bits per heavy atom. The average Bonchev–Trinajstić information content (AvgIpc) is 3.24. The summed E-state index contributed by atoms with van der Waals surface area (Å²) in [4.78, 5) is 14.7. The standard InChI is InChI=1S/C20H25NO5S/c1-14-6-7-18(11-15(14)2)26-16(3)20(22)21(12-19-5-4-9-25-19)17-8-10-27(23,24)13-17/h4-7,9,11,16-17H,8,10,12-13H2,1-3H3. The van der Waals surface area contributed by atoms with E-state index < -0.39 is 15.9 Å². The first-order valence-corrected chi connectivity index (χ1v) is 10.8. The molecule has 27 heavy (non-hydrogen) atoms. The highest BCUT2D eigenvalue weighted by molar-refractivity contribution is 7.91. The van der Waals surface area contributed by atoms with E-state index in [-0.39, 0.29) is 30.0 Å². The fourth-order valence-corrected chi connectivity index (χ4v) is 4.98. The number of aryl methyl sites for hydroxylation is 2. The summed E-state index contributed by atoms with van der Waals surface area (Å²) in [7, 11) is -3.11. The normalized spacial score (nSPS) is 19.6. The number of rotatable bonds is 6. The van der Waals surface area contributed by atoms with Gasteiger partial charge in [0.2, 0.25) is 0 Å². The fraction of sp³-hybridized carbons (Fsp3) is 0.450. The molecule has 1 aliphatic heterocycles. The second kappa shape index (κ2) is 7.76. The molecule has 1 aliphatic rings. The van der Waals surface area contributed by atoms with Crippen molar-refractivity contribution in [3.8, 4) is 5.75 Å². The topological polar surface area (TPSA) is 76.8 Å². The van der Waals surface area contributed by atoms with Crippen molar-refractivity contribution in [1.29, 1.82) is 0 Å². The van der Waals surface area contributed by atoms with Crippen molar-refractivity contribution in [1.82, 2.24) is 4.90 Å². The largest absolute Gasteiger partial charge is 0.481 e. The Kier molecular flexibility index (Phi) is 5.60. The Bertz CT molecular complexity index is 904. The summed E-state index contributed by atoms with van der Waals surface area (Å²) in [6, 6.07) is 8.85. The maximum atomic E-state index is 13.1. The Balaban J connectivity index is 1.77. The van der Waals surface area contributed by atoms with E-state index in [1.54, 1.807) is 30.2 Å². The van der Waals surface area contributed by atoms with E-state index in [4.69, 9.17) is 9.15 Å². The van der Waals surface area contributed by atoms with Gasteiger partial charge in [-0.15, -0.1) is 0 Å². The van der Waals surface area contributed by atoms with Gasteiger partial charge in [0.25, 0.3) is 5.91 Å². The van der Waals surface area contributed by atoms with E-state index in [2.05, 4.69) is 0 Å². The highest BCUT2D eigenvalue weighted by Crippen LogP contribution is 2.23. The van der Waals surface area contributed by atoms with Gasteiger partial charge in [0, 0.05) is 6.04 Å². The second-order valence-electron chi connectivity index (χ2n) is 7.11. The predicted molar refractivity (Wildman–Crippen MR) is 102 cm³/mol. The third-order valence-electron chi connectivity index (χ3n) is 4.98. The first-order valence-electron chi connectivity index (χ1n) is 9.02. The van der Waals surface area contributed by atoms with Crippen molar-refractivity contribution in [3.63, 3.8) is 0 Å². The van der Waals surface area contributed by atoms with Gasteiger partial charge in [0.15, 0.2) is 15.9 Å². The zero-order valence-corrected chi connectivity index (χ0v) is 16.7. The molecule has 146 valence electrons. The summed E-state index contributed by atoms with van der Waals surface area (Å²) in [5.74, 6) is 1.08. The Morgan fingerprint density at radius 1 is 1.30 bits per heavy atom. The molecule has 2 aromatic rings. The summed E-state index contributed by atoms with van der Waals surface area (Å²) >= 11 is 0. The lowest BCUT2D eigenvalue weighted by atomic mass is 10.1. The summed E-state index contributed by atoms with van der Waals surface area (Å²) in [6.45, 7) is 5.92. The van der Waals surface area contributed by atoms with Crippen LogP contribution in [0.3, 0.4) is 0 Å². The molecule has 1 fully saturated rings. The number of furan rings is 1. The molecule has 2 heterocycles. The van der Waals surface area contributed by atoms with Crippen LogP contribution in [0.1, 0.15) is 30.2 Å². The van der Waals surface area contributed by atoms with E-state index in [1.165, 1.54) is 0 Å². The van der Waals surface area contributed by atoms with Crippen LogP contribution in [0, 0.1) is 13.8 Å². The van der Waals surface area contributed by atoms with E-state index in [0.717, 1.165) is 11.1 Å². The lowest BCUT2D eigenvalue weighted by molar-refractivity contribution is -0.140. The van der Waals surface area contributed by atoms with Crippen molar-refractivity contribution in [3.05, 3.63) is 53.5 Å². The number of benzene rings is 1. The van der Waals surface area contributed by atoms with Gasteiger partial charge in [-0.05, 0) is 62.6 Å². The lowest BCUT2D eigenvalue weighted by Gasteiger charge is -2.30. The molecule has 2 atom stereocenters. The van der Waals surface area contributed by atoms with Gasteiger partial charge in [0.05, 0.1) is 24.3 Å². The zero-order chi connectivity index (χ0) is 19.6. The summed E-state index contributed by atoms with van der Waals surface area (Å²) < 4.78 is 35.0. The minimum atomic E-state index is -3.11. The molecule has 1 aromatic carbocycles. The monoisotopic (exact) mass is 391 g/mol. The van der Waals surface area contributed by atoms with Crippen molar-refractivity contribution >= 4 is 15.7 Å². The predicted octanol–water partition coefficient (Wildman–Crippen LogP) is 2.88. The number of hydrogen-bond acceptors (Lipinski definition) is 5. The quantitative estimate of drug-likeness (QED) is 0.757. The van der Waals surface area contributed by atoms with Crippen LogP contribution in [0.4, 0.5) is 0 Å². The minimum absolute atomic E-state index is 0.0180. The Hall–Kier alpha value is -2.28. The van der Waals surface area contributed by atoms with Crippen molar-refractivity contribution in [2.24, 2.45) is 0 Å². The number of carbonyl (C=O) groups excluding carboxylic acids is 1. The molecular formula is C20H25NO5S. The van der Waals surface area contributed by atoms with Gasteiger partial charge in [-0.25, -0.2) is 8.42 Å². The number of hydrogen-bond donors (Lipinski definition) is 0. The number of nitrogens with zero attached hydrogens (tertiary/aromatic N) is 1. The molecule has 0 bridgehead atoms. The average molecular weight is 391 g/mol. The number of ether oxygens (including phenoxy) is 1. The molecule has 1 saturated heterocycles. The molecular weight excluding hydrogens is 366 g/mol. The molecule has 0 aliphatic carbocycles. The molecule has 0 saturated carbocycles. The summed E-state index contributed by atoms with van der Waals surface area (Å²) in [5, 5.41) is 0. The van der Waals surface area contributed by atoms with Gasteiger partial charge >= 0.3 is 0 Å². The maximum absolute atomic E-state index is 13.1. The van der Waals surface area contributed by atoms with Gasteiger partial charge in [-0.2, -0.15) is 0 Å². The van der Waals surface area contributed by atoms with Crippen LogP contribution < -0.4 is 4.74 Å². The Labute approximate surface area is 160 Å². The van der Waals surface area contributed by atoms with Gasteiger partial charge in [0.1, 0.15) is 11.5 Å². The molecule has 1 amide bonds. The SMILES string of the molecule is Cc1ccc(OC(C)C(=O)N(Cc2ccco2)C2CCS(=O)(=O)C2)cc1C. The molecule has 0 spiro atoms. The smallest absolute Gasteiger partial charge is 0.264 e. The van der Waals surface area contributed by atoms with Gasteiger partial charge < -0.3 is 14.1 Å². The van der Waals surface area contributed by atoms with Gasteiger partial charge in [-0.1, -0.05) is 6.07 Å². The zero-order valence-electron chi connectivity index (χ0n) is 15.8. The minimum Gasteiger partial charge on any atom is -0.481 e. The summed E-state index contributed by atoms with van der Waals surface area (Å²) in [5.41, 5.74) is 2.23. The molecule has 2 unspecified atom stereocenters. The van der Waals surface area contributed by atoms with Crippen LogP contribution in [0.15, 0.2) is 41.0 Å². The van der Waals surface area contributed by atoms with E-state index in [1.807, 2.05) is 32.0 Å². The molecule has 3 rings (SSSR count). The highest BCUT2D eigenvalue weighted by atomic mass is 32.2. The van der Waals surface area contributed by atoms with Crippen LogP contribution in [-0.2, 0) is 21.2 Å². The van der Waals surface area contributed by atoms with Crippen molar-refractivity contribution in [2.75, 3.05) is 11.5 Å². The fourth-order valence-electron chi connectivity index (χ4n) is 3.25. The third kappa shape index (κ3) is 4.71.